The number of carbonyl (C=O) groups is 1. The maximum Gasteiger partial charge on any atom is 0.333 e. The molecule has 1 unspecified atom stereocenters. The van der Waals surface area contributed by atoms with Crippen LogP contribution in [0, 0.1) is 0 Å². The lowest BCUT2D eigenvalue weighted by Crippen LogP contribution is -2.17. The Labute approximate surface area is 81.0 Å². The van der Waals surface area contributed by atoms with Crippen LogP contribution in [0.4, 0.5) is 0 Å². The lowest BCUT2D eigenvalue weighted by Gasteiger charge is -2.15. The van der Waals surface area contributed by atoms with Crippen LogP contribution in [0.15, 0.2) is 11.6 Å². The van der Waals surface area contributed by atoms with Crippen LogP contribution < -0.4 is 0 Å². The van der Waals surface area contributed by atoms with Gasteiger partial charge in [0.05, 0.1) is 0 Å². The fraction of sp³-hybridized carbons (Fsp3) is 0.727. The van der Waals surface area contributed by atoms with Crippen LogP contribution in [-0.2, 0) is 9.53 Å². The van der Waals surface area contributed by atoms with Crippen LogP contribution in [0.1, 0.15) is 47.0 Å². The smallest absolute Gasteiger partial charge is 0.333 e. The van der Waals surface area contributed by atoms with Gasteiger partial charge in [-0.1, -0.05) is 26.3 Å². The molecule has 0 spiro atoms. The van der Waals surface area contributed by atoms with E-state index < -0.39 is 0 Å². The zero-order valence-electron chi connectivity index (χ0n) is 9.09. The van der Waals surface area contributed by atoms with E-state index in [1.165, 1.54) is 0 Å². The summed E-state index contributed by atoms with van der Waals surface area (Å²) in [5.41, 5.74) is 0.689. The van der Waals surface area contributed by atoms with Crippen molar-refractivity contribution in [2.75, 3.05) is 0 Å². The average molecular weight is 184 g/mol. The molecular weight excluding hydrogens is 164 g/mol. The van der Waals surface area contributed by atoms with Crippen LogP contribution in [0.3, 0.4) is 0 Å². The van der Waals surface area contributed by atoms with Crippen LogP contribution in [0.5, 0.6) is 0 Å². The average Bonchev–Trinajstić information content (AvgIpc) is 2.15. The summed E-state index contributed by atoms with van der Waals surface area (Å²) in [4.78, 5) is 11.3. The molecule has 0 aromatic heterocycles. The van der Waals surface area contributed by atoms with E-state index in [4.69, 9.17) is 4.74 Å². The van der Waals surface area contributed by atoms with Gasteiger partial charge in [0.15, 0.2) is 0 Å². The third-order valence-corrected chi connectivity index (χ3v) is 2.09. The first-order valence-corrected chi connectivity index (χ1v) is 4.99. The van der Waals surface area contributed by atoms with Gasteiger partial charge in [-0.2, -0.15) is 0 Å². The summed E-state index contributed by atoms with van der Waals surface area (Å²) < 4.78 is 5.29. The first kappa shape index (κ1) is 12.2. The van der Waals surface area contributed by atoms with Gasteiger partial charge in [-0.25, -0.2) is 4.79 Å². The highest BCUT2D eigenvalue weighted by Crippen LogP contribution is 2.09. The van der Waals surface area contributed by atoms with E-state index in [2.05, 4.69) is 6.92 Å². The first-order valence-electron chi connectivity index (χ1n) is 4.99. The summed E-state index contributed by atoms with van der Waals surface area (Å²) in [5, 5.41) is 0. The molecule has 2 nitrogen and oxygen atoms in total. The number of hydrogen-bond acceptors (Lipinski definition) is 2. The fourth-order valence-corrected chi connectivity index (χ4v) is 1.03. The maximum absolute atomic E-state index is 11.3. The Morgan fingerprint density at radius 3 is 2.46 bits per heavy atom. The van der Waals surface area contributed by atoms with E-state index in [0.29, 0.717) is 5.57 Å². The molecule has 13 heavy (non-hydrogen) atoms. The molecule has 0 N–H and O–H groups in total. The second-order valence-electron chi connectivity index (χ2n) is 3.20. The Morgan fingerprint density at radius 1 is 1.46 bits per heavy atom. The number of ether oxygens (including phenoxy) is 1. The van der Waals surface area contributed by atoms with Crippen molar-refractivity contribution >= 4 is 5.97 Å². The van der Waals surface area contributed by atoms with Gasteiger partial charge in [0, 0.05) is 5.57 Å². The van der Waals surface area contributed by atoms with Crippen molar-refractivity contribution in [1.29, 1.82) is 0 Å². The van der Waals surface area contributed by atoms with Crippen molar-refractivity contribution < 1.29 is 9.53 Å². The van der Waals surface area contributed by atoms with Gasteiger partial charge in [0.1, 0.15) is 6.10 Å². The summed E-state index contributed by atoms with van der Waals surface area (Å²) in [6.07, 6.45) is 4.78. The van der Waals surface area contributed by atoms with E-state index in [9.17, 15) is 4.79 Å². The molecule has 0 amide bonds. The second kappa shape index (κ2) is 6.70. The number of esters is 1. The SMILES string of the molecule is CC=C(C)C(=O)OC(CC)CCC. The van der Waals surface area contributed by atoms with Gasteiger partial charge in [0.25, 0.3) is 0 Å². The summed E-state index contributed by atoms with van der Waals surface area (Å²) in [6, 6.07) is 0. The zero-order chi connectivity index (χ0) is 10.3. The molecular formula is C11H20O2. The highest BCUT2D eigenvalue weighted by Gasteiger charge is 2.11. The summed E-state index contributed by atoms with van der Waals surface area (Å²) in [6.45, 7) is 7.76. The Balaban J connectivity index is 4.01. The molecule has 0 saturated carbocycles. The monoisotopic (exact) mass is 184 g/mol. The zero-order valence-corrected chi connectivity index (χ0v) is 9.09. The minimum atomic E-state index is -0.178. The number of rotatable bonds is 5. The molecule has 76 valence electrons. The minimum absolute atomic E-state index is 0.0902. The first-order chi connectivity index (χ1) is 6.15. The molecule has 0 aromatic rings. The van der Waals surface area contributed by atoms with Crippen LogP contribution in [0.2, 0.25) is 0 Å². The summed E-state index contributed by atoms with van der Waals surface area (Å²) in [5.74, 6) is -0.178. The Morgan fingerprint density at radius 2 is 2.08 bits per heavy atom. The van der Waals surface area contributed by atoms with Crippen LogP contribution in [-0.4, -0.2) is 12.1 Å². The maximum atomic E-state index is 11.3. The predicted molar refractivity (Wildman–Crippen MR) is 54.5 cm³/mol. The molecule has 0 radical (unpaired) electrons. The largest absolute Gasteiger partial charge is 0.459 e. The fourth-order valence-electron chi connectivity index (χ4n) is 1.03. The summed E-state index contributed by atoms with van der Waals surface area (Å²) >= 11 is 0. The Kier molecular flexibility index (Phi) is 6.29. The molecule has 0 rings (SSSR count). The number of hydrogen-bond donors (Lipinski definition) is 0. The normalized spacial score (nSPS) is 14.0. The van der Waals surface area contributed by atoms with Gasteiger partial charge in [-0.05, 0) is 26.7 Å². The van der Waals surface area contributed by atoms with Gasteiger partial charge in [-0.15, -0.1) is 0 Å². The third-order valence-electron chi connectivity index (χ3n) is 2.09. The second-order valence-corrected chi connectivity index (χ2v) is 3.20. The van der Waals surface area contributed by atoms with Crippen molar-refractivity contribution in [3.63, 3.8) is 0 Å². The highest BCUT2D eigenvalue weighted by atomic mass is 16.5. The molecule has 0 fully saturated rings. The van der Waals surface area contributed by atoms with Gasteiger partial charge in [0.2, 0.25) is 0 Å². The molecule has 0 aromatic carbocycles. The van der Waals surface area contributed by atoms with Crippen molar-refractivity contribution in [2.45, 2.75) is 53.1 Å². The van der Waals surface area contributed by atoms with Crippen molar-refractivity contribution in [2.24, 2.45) is 0 Å². The predicted octanol–water partition coefficient (Wildman–Crippen LogP) is 3.07. The Hall–Kier alpha value is -0.790. The standard InChI is InChI=1S/C11H20O2/c1-5-8-10(7-3)13-11(12)9(4)6-2/h6,10H,5,7-8H2,1-4H3. The van der Waals surface area contributed by atoms with E-state index in [1.807, 2.05) is 13.8 Å². The highest BCUT2D eigenvalue weighted by molar-refractivity contribution is 5.87. The number of allylic oxidation sites excluding steroid dienone is 1. The molecule has 0 aliphatic rings. The third kappa shape index (κ3) is 4.71. The molecule has 0 aliphatic heterocycles. The quantitative estimate of drug-likeness (QED) is 0.485. The minimum Gasteiger partial charge on any atom is -0.459 e. The summed E-state index contributed by atoms with van der Waals surface area (Å²) in [7, 11) is 0. The van der Waals surface area contributed by atoms with Crippen LogP contribution in [0.25, 0.3) is 0 Å². The molecule has 0 saturated heterocycles. The van der Waals surface area contributed by atoms with Gasteiger partial charge >= 0.3 is 5.97 Å². The van der Waals surface area contributed by atoms with E-state index in [1.54, 1.807) is 13.0 Å². The van der Waals surface area contributed by atoms with Crippen molar-refractivity contribution in [3.8, 4) is 0 Å². The Bertz CT molecular complexity index is 183. The molecule has 1 atom stereocenters. The van der Waals surface area contributed by atoms with Crippen LogP contribution >= 0.6 is 0 Å². The van der Waals surface area contributed by atoms with Crippen molar-refractivity contribution in [3.05, 3.63) is 11.6 Å². The van der Waals surface area contributed by atoms with E-state index >= 15 is 0 Å². The molecule has 0 heterocycles. The van der Waals surface area contributed by atoms with E-state index in [0.717, 1.165) is 19.3 Å². The molecule has 0 aliphatic carbocycles. The number of carbonyl (C=O) groups excluding carboxylic acids is 1. The van der Waals surface area contributed by atoms with Gasteiger partial charge < -0.3 is 4.74 Å². The van der Waals surface area contributed by atoms with E-state index in [-0.39, 0.29) is 12.1 Å². The topological polar surface area (TPSA) is 26.3 Å². The molecule has 0 bridgehead atoms. The lowest BCUT2D eigenvalue weighted by atomic mass is 10.1. The molecule has 2 heteroatoms. The van der Waals surface area contributed by atoms with Crippen molar-refractivity contribution in [1.82, 2.24) is 0 Å². The lowest BCUT2D eigenvalue weighted by molar-refractivity contribution is -0.144. The van der Waals surface area contributed by atoms with Gasteiger partial charge in [-0.3, -0.25) is 0 Å².